The Morgan fingerprint density at radius 2 is 2.05 bits per heavy atom. The lowest BCUT2D eigenvalue weighted by molar-refractivity contribution is -0.0118. The average Bonchev–Trinajstić information content (AvgIpc) is 2.95. The van der Waals surface area contributed by atoms with Gasteiger partial charge in [0.25, 0.3) is 0 Å². The lowest BCUT2D eigenvalue weighted by Gasteiger charge is -2.42. The molecular formula is C16H23BrFNO. The van der Waals surface area contributed by atoms with Crippen LogP contribution in [-0.2, 0) is 6.42 Å². The Morgan fingerprint density at radius 3 is 2.60 bits per heavy atom. The van der Waals surface area contributed by atoms with Gasteiger partial charge in [0.05, 0.1) is 6.10 Å². The Morgan fingerprint density at radius 1 is 1.40 bits per heavy atom. The molecule has 1 aromatic rings. The molecule has 4 heteroatoms. The number of hydrogen-bond donors (Lipinski definition) is 1. The van der Waals surface area contributed by atoms with Crippen LogP contribution in [-0.4, -0.2) is 34.7 Å². The normalized spacial score (nSPS) is 20.9. The van der Waals surface area contributed by atoms with E-state index in [2.05, 4.69) is 34.7 Å². The zero-order valence-electron chi connectivity index (χ0n) is 12.2. The maximum absolute atomic E-state index is 13.1. The molecule has 0 saturated carbocycles. The second kappa shape index (κ2) is 6.54. The van der Waals surface area contributed by atoms with E-state index in [0.29, 0.717) is 6.42 Å². The lowest BCUT2D eigenvalue weighted by Crippen LogP contribution is -2.53. The van der Waals surface area contributed by atoms with Crippen molar-refractivity contribution in [3.63, 3.8) is 0 Å². The molecule has 20 heavy (non-hydrogen) atoms. The molecule has 2 rings (SSSR count). The second-order valence-corrected chi connectivity index (χ2v) is 6.71. The maximum atomic E-state index is 13.1. The van der Waals surface area contributed by atoms with Gasteiger partial charge in [-0.25, -0.2) is 4.39 Å². The molecule has 1 heterocycles. The molecule has 0 bridgehead atoms. The summed E-state index contributed by atoms with van der Waals surface area (Å²) in [4.78, 5) is 2.40. The summed E-state index contributed by atoms with van der Waals surface area (Å²) < 4.78 is 13.9. The number of halogens is 2. The van der Waals surface area contributed by atoms with E-state index < -0.39 is 6.10 Å². The fourth-order valence-corrected chi connectivity index (χ4v) is 3.53. The summed E-state index contributed by atoms with van der Waals surface area (Å²) in [6.45, 7) is 6.39. The summed E-state index contributed by atoms with van der Waals surface area (Å²) in [5, 5.41) is 10.7. The van der Waals surface area contributed by atoms with Gasteiger partial charge in [0.15, 0.2) is 0 Å². The van der Waals surface area contributed by atoms with Gasteiger partial charge in [-0.2, -0.15) is 0 Å². The Labute approximate surface area is 129 Å². The Bertz CT molecular complexity index is 462. The first-order chi connectivity index (χ1) is 9.47. The van der Waals surface area contributed by atoms with Crippen LogP contribution in [0.3, 0.4) is 0 Å². The molecule has 2 nitrogen and oxygen atoms in total. The Hall–Kier alpha value is -0.450. The van der Waals surface area contributed by atoms with Crippen molar-refractivity contribution in [2.24, 2.45) is 0 Å². The highest BCUT2D eigenvalue weighted by Gasteiger charge is 2.38. The fourth-order valence-electron chi connectivity index (χ4n) is 3.01. The van der Waals surface area contributed by atoms with Gasteiger partial charge in [-0.05, 0) is 57.0 Å². The smallest absolute Gasteiger partial charge is 0.124 e. The van der Waals surface area contributed by atoms with Crippen LogP contribution in [0.2, 0.25) is 0 Å². The van der Waals surface area contributed by atoms with E-state index in [9.17, 15) is 9.50 Å². The summed E-state index contributed by atoms with van der Waals surface area (Å²) in [5.41, 5.74) is 0.752. The fraction of sp³-hybridized carbons (Fsp3) is 0.625. The average molecular weight is 344 g/mol. The minimum atomic E-state index is -0.452. The molecular weight excluding hydrogens is 321 g/mol. The molecule has 0 spiro atoms. The molecule has 2 unspecified atom stereocenters. The van der Waals surface area contributed by atoms with Crippen molar-refractivity contribution in [3.05, 3.63) is 34.1 Å². The quantitative estimate of drug-likeness (QED) is 0.879. The number of likely N-dealkylation sites (tertiary alicyclic amines) is 1. The molecule has 112 valence electrons. The number of hydrogen-bond acceptors (Lipinski definition) is 2. The summed E-state index contributed by atoms with van der Waals surface area (Å²) in [5.74, 6) is -0.257. The lowest BCUT2D eigenvalue weighted by atomic mass is 9.86. The third-order valence-corrected chi connectivity index (χ3v) is 5.43. The number of aliphatic hydroxyl groups is 1. The van der Waals surface area contributed by atoms with E-state index in [1.165, 1.54) is 25.0 Å². The minimum absolute atomic E-state index is 0.204. The van der Waals surface area contributed by atoms with Gasteiger partial charge in [-0.15, -0.1) is 0 Å². The molecule has 0 amide bonds. The van der Waals surface area contributed by atoms with Crippen molar-refractivity contribution in [2.75, 3.05) is 13.1 Å². The van der Waals surface area contributed by atoms with E-state index in [1.807, 2.05) is 0 Å². The number of rotatable bonds is 5. The van der Waals surface area contributed by atoms with Crippen molar-refractivity contribution in [3.8, 4) is 0 Å². The zero-order valence-corrected chi connectivity index (χ0v) is 13.8. The minimum Gasteiger partial charge on any atom is -0.391 e. The van der Waals surface area contributed by atoms with E-state index in [-0.39, 0.29) is 11.4 Å². The molecule has 2 atom stereocenters. The first-order valence-corrected chi connectivity index (χ1v) is 8.13. The maximum Gasteiger partial charge on any atom is 0.124 e. The predicted molar refractivity (Wildman–Crippen MR) is 83.3 cm³/mol. The molecule has 1 aliphatic heterocycles. The van der Waals surface area contributed by atoms with Crippen LogP contribution in [0.5, 0.6) is 0 Å². The summed E-state index contributed by atoms with van der Waals surface area (Å²) in [7, 11) is 0. The monoisotopic (exact) mass is 343 g/mol. The van der Waals surface area contributed by atoms with Crippen molar-refractivity contribution in [1.82, 2.24) is 4.90 Å². The molecule has 1 saturated heterocycles. The van der Waals surface area contributed by atoms with Crippen LogP contribution in [0.1, 0.15) is 38.7 Å². The number of aliphatic hydroxyl groups excluding tert-OH is 1. The van der Waals surface area contributed by atoms with Crippen LogP contribution in [0.4, 0.5) is 4.39 Å². The molecule has 1 N–H and O–H groups in total. The SMILES string of the molecule is CCC(C)(C(O)Cc1ccc(F)cc1Br)N1CCCC1. The van der Waals surface area contributed by atoms with Crippen LogP contribution in [0.15, 0.2) is 22.7 Å². The molecule has 0 aliphatic carbocycles. The molecule has 0 radical (unpaired) electrons. The third kappa shape index (κ3) is 3.23. The van der Waals surface area contributed by atoms with Crippen molar-refractivity contribution >= 4 is 15.9 Å². The Kier molecular flexibility index (Phi) is 5.21. The van der Waals surface area contributed by atoms with E-state index >= 15 is 0 Å². The topological polar surface area (TPSA) is 23.5 Å². The van der Waals surface area contributed by atoms with E-state index in [4.69, 9.17) is 0 Å². The first-order valence-electron chi connectivity index (χ1n) is 7.34. The van der Waals surface area contributed by atoms with Crippen LogP contribution in [0.25, 0.3) is 0 Å². The molecule has 1 aliphatic rings. The summed E-state index contributed by atoms with van der Waals surface area (Å²) >= 11 is 3.38. The predicted octanol–water partition coefficient (Wildman–Crippen LogP) is 3.76. The number of nitrogens with zero attached hydrogens (tertiary/aromatic N) is 1. The van der Waals surface area contributed by atoms with Crippen LogP contribution >= 0.6 is 15.9 Å². The molecule has 0 aromatic heterocycles. The highest BCUT2D eigenvalue weighted by Crippen LogP contribution is 2.31. The van der Waals surface area contributed by atoms with Crippen LogP contribution < -0.4 is 0 Å². The highest BCUT2D eigenvalue weighted by atomic mass is 79.9. The molecule has 1 fully saturated rings. The zero-order chi connectivity index (χ0) is 14.8. The van der Waals surface area contributed by atoms with Crippen molar-refractivity contribution in [1.29, 1.82) is 0 Å². The van der Waals surface area contributed by atoms with Gasteiger partial charge in [-0.1, -0.05) is 28.9 Å². The van der Waals surface area contributed by atoms with Crippen molar-refractivity contribution < 1.29 is 9.50 Å². The van der Waals surface area contributed by atoms with E-state index in [1.54, 1.807) is 6.07 Å². The molecule has 1 aromatic carbocycles. The van der Waals surface area contributed by atoms with Crippen LogP contribution in [0, 0.1) is 5.82 Å². The van der Waals surface area contributed by atoms with Crippen molar-refractivity contribution in [2.45, 2.75) is 51.2 Å². The van der Waals surface area contributed by atoms with Gasteiger partial charge in [0, 0.05) is 16.4 Å². The van der Waals surface area contributed by atoms with Gasteiger partial charge < -0.3 is 5.11 Å². The van der Waals surface area contributed by atoms with Gasteiger partial charge in [0.1, 0.15) is 5.82 Å². The van der Waals surface area contributed by atoms with E-state index in [0.717, 1.165) is 29.5 Å². The van der Waals surface area contributed by atoms with Gasteiger partial charge in [0.2, 0.25) is 0 Å². The standard InChI is InChI=1S/C16H23BrFNO/c1-3-16(2,19-8-4-5-9-19)15(20)10-12-6-7-13(18)11-14(12)17/h6-7,11,15,20H,3-5,8-10H2,1-2H3. The summed E-state index contributed by atoms with van der Waals surface area (Å²) in [6, 6.07) is 4.66. The second-order valence-electron chi connectivity index (χ2n) is 5.86. The largest absolute Gasteiger partial charge is 0.391 e. The van der Waals surface area contributed by atoms with Gasteiger partial charge >= 0.3 is 0 Å². The third-order valence-electron chi connectivity index (χ3n) is 4.69. The first kappa shape index (κ1) is 15.9. The van der Waals surface area contributed by atoms with Gasteiger partial charge in [-0.3, -0.25) is 4.90 Å². The highest BCUT2D eigenvalue weighted by molar-refractivity contribution is 9.10. The Balaban J connectivity index is 2.14. The summed E-state index contributed by atoms with van der Waals surface area (Å²) in [6.07, 6.45) is 3.42. The number of benzene rings is 1.